The van der Waals surface area contributed by atoms with Crippen LogP contribution < -0.4 is 10.2 Å². The minimum atomic E-state index is -0.0565. The van der Waals surface area contributed by atoms with E-state index in [-0.39, 0.29) is 5.91 Å². The first kappa shape index (κ1) is 18.2. The largest absolute Gasteiger partial charge is 0.372 e. The summed E-state index contributed by atoms with van der Waals surface area (Å²) in [5.41, 5.74) is 5.73. The van der Waals surface area contributed by atoms with Gasteiger partial charge in [0.05, 0.1) is 16.6 Å². The number of aromatic nitrogens is 3. The van der Waals surface area contributed by atoms with E-state index < -0.39 is 0 Å². The van der Waals surface area contributed by atoms with Gasteiger partial charge in [-0.3, -0.25) is 9.48 Å². The molecule has 5 rings (SSSR count). The molecule has 2 fully saturated rings. The van der Waals surface area contributed by atoms with Gasteiger partial charge in [0.25, 0.3) is 5.91 Å². The average Bonchev–Trinajstić information content (AvgIpc) is 3.36. The number of aryl methyl sites for hydroxylation is 2. The Morgan fingerprint density at radius 3 is 2.59 bits per heavy atom. The Morgan fingerprint density at radius 2 is 1.90 bits per heavy atom. The molecule has 2 aromatic heterocycles. The van der Waals surface area contributed by atoms with Crippen LogP contribution in [0.2, 0.25) is 0 Å². The zero-order valence-electron chi connectivity index (χ0n) is 17.1. The quantitative estimate of drug-likeness (QED) is 0.723. The lowest BCUT2D eigenvalue weighted by Crippen LogP contribution is -2.23. The summed E-state index contributed by atoms with van der Waals surface area (Å²) in [4.78, 5) is 20.3. The second kappa shape index (κ2) is 7.17. The molecule has 0 bridgehead atoms. The van der Waals surface area contributed by atoms with Crippen LogP contribution in [0, 0.1) is 6.92 Å². The van der Waals surface area contributed by atoms with E-state index in [4.69, 9.17) is 4.98 Å². The van der Waals surface area contributed by atoms with Crippen molar-refractivity contribution in [1.82, 2.24) is 20.1 Å². The predicted molar refractivity (Wildman–Crippen MR) is 114 cm³/mol. The first-order valence-corrected chi connectivity index (χ1v) is 10.6. The monoisotopic (exact) mass is 389 g/mol. The molecule has 1 aliphatic carbocycles. The van der Waals surface area contributed by atoms with Gasteiger partial charge >= 0.3 is 0 Å². The highest BCUT2D eigenvalue weighted by atomic mass is 16.1. The zero-order valence-corrected chi connectivity index (χ0v) is 17.1. The molecule has 6 heteroatoms. The molecule has 0 unspecified atom stereocenters. The van der Waals surface area contributed by atoms with Crippen molar-refractivity contribution < 1.29 is 4.79 Å². The fourth-order valence-electron chi connectivity index (χ4n) is 4.31. The van der Waals surface area contributed by atoms with Crippen LogP contribution in [0.15, 0.2) is 30.3 Å². The fraction of sp³-hybridized carbons (Fsp3) is 0.435. The molecule has 6 nitrogen and oxygen atoms in total. The SMILES string of the molecule is Cc1nn(C)c2nc(C3CC3)cc(C(=O)NCc3ccc(N4CCCC4)cc3)c12. The molecule has 1 saturated heterocycles. The van der Waals surface area contributed by atoms with Crippen molar-refractivity contribution in [3.63, 3.8) is 0 Å². The molecule has 3 heterocycles. The number of amides is 1. The number of nitrogens with zero attached hydrogens (tertiary/aromatic N) is 4. The van der Waals surface area contributed by atoms with Crippen molar-refractivity contribution in [3.05, 3.63) is 52.8 Å². The van der Waals surface area contributed by atoms with Gasteiger partial charge in [-0.1, -0.05) is 12.1 Å². The summed E-state index contributed by atoms with van der Waals surface area (Å²) in [6, 6.07) is 10.5. The maximum absolute atomic E-state index is 13.1. The van der Waals surface area contributed by atoms with Crippen LogP contribution in [0.5, 0.6) is 0 Å². The average molecular weight is 390 g/mol. The summed E-state index contributed by atoms with van der Waals surface area (Å²) in [5, 5.41) is 8.45. The molecule has 1 N–H and O–H groups in total. The molecular weight excluding hydrogens is 362 g/mol. The van der Waals surface area contributed by atoms with Crippen LogP contribution in [-0.2, 0) is 13.6 Å². The number of benzene rings is 1. The Kier molecular flexibility index (Phi) is 4.49. The summed E-state index contributed by atoms with van der Waals surface area (Å²) in [6.45, 7) is 4.74. The van der Waals surface area contributed by atoms with Gasteiger partial charge in [-0.25, -0.2) is 4.98 Å². The number of rotatable bonds is 5. The van der Waals surface area contributed by atoms with Gasteiger partial charge in [-0.15, -0.1) is 0 Å². The molecule has 1 aromatic carbocycles. The molecule has 0 atom stereocenters. The summed E-state index contributed by atoms with van der Waals surface area (Å²) in [6.07, 6.45) is 4.85. The van der Waals surface area contributed by atoms with Crippen LogP contribution in [0.25, 0.3) is 11.0 Å². The van der Waals surface area contributed by atoms with Crippen molar-refractivity contribution >= 4 is 22.6 Å². The molecule has 1 amide bonds. The zero-order chi connectivity index (χ0) is 20.0. The first-order chi connectivity index (χ1) is 14.1. The normalized spacial score (nSPS) is 16.6. The lowest BCUT2D eigenvalue weighted by molar-refractivity contribution is 0.0952. The van der Waals surface area contributed by atoms with E-state index in [0.717, 1.165) is 53.9 Å². The number of carbonyl (C=O) groups is 1. The van der Waals surface area contributed by atoms with Gasteiger partial charge in [0.15, 0.2) is 5.65 Å². The van der Waals surface area contributed by atoms with E-state index in [1.807, 2.05) is 20.0 Å². The highest BCUT2D eigenvalue weighted by Crippen LogP contribution is 2.40. The molecule has 0 spiro atoms. The summed E-state index contributed by atoms with van der Waals surface area (Å²) < 4.78 is 1.78. The van der Waals surface area contributed by atoms with Crippen molar-refractivity contribution in [2.45, 2.75) is 45.1 Å². The number of pyridine rings is 1. The number of fused-ring (bicyclic) bond motifs is 1. The van der Waals surface area contributed by atoms with Crippen LogP contribution in [0.1, 0.15) is 58.9 Å². The number of nitrogens with one attached hydrogen (secondary N) is 1. The number of carbonyl (C=O) groups excluding carboxylic acids is 1. The molecule has 3 aromatic rings. The van der Waals surface area contributed by atoms with Crippen LogP contribution in [-0.4, -0.2) is 33.8 Å². The van der Waals surface area contributed by atoms with Crippen LogP contribution in [0.3, 0.4) is 0 Å². The van der Waals surface area contributed by atoms with Crippen molar-refractivity contribution in [2.24, 2.45) is 7.05 Å². The minimum Gasteiger partial charge on any atom is -0.372 e. The third-order valence-electron chi connectivity index (χ3n) is 6.09. The Bertz CT molecular complexity index is 1060. The van der Waals surface area contributed by atoms with Gasteiger partial charge in [0.1, 0.15) is 0 Å². The molecule has 150 valence electrons. The van der Waals surface area contributed by atoms with E-state index in [1.165, 1.54) is 18.5 Å². The smallest absolute Gasteiger partial charge is 0.252 e. The Hall–Kier alpha value is -2.89. The second-order valence-corrected chi connectivity index (χ2v) is 8.32. The molecule has 1 saturated carbocycles. The Labute approximate surface area is 170 Å². The topological polar surface area (TPSA) is 63.1 Å². The molecule has 2 aliphatic rings. The molecule has 0 radical (unpaired) electrons. The maximum Gasteiger partial charge on any atom is 0.252 e. The van der Waals surface area contributed by atoms with Crippen molar-refractivity contribution in [3.8, 4) is 0 Å². The van der Waals surface area contributed by atoms with Crippen molar-refractivity contribution in [2.75, 3.05) is 18.0 Å². The lowest BCUT2D eigenvalue weighted by Gasteiger charge is -2.17. The minimum absolute atomic E-state index is 0.0565. The highest BCUT2D eigenvalue weighted by molar-refractivity contribution is 6.06. The molecule has 1 aliphatic heterocycles. The fourth-order valence-corrected chi connectivity index (χ4v) is 4.31. The van der Waals surface area contributed by atoms with Gasteiger partial charge in [-0.05, 0) is 56.4 Å². The molecule has 29 heavy (non-hydrogen) atoms. The van der Waals surface area contributed by atoms with E-state index >= 15 is 0 Å². The third-order valence-corrected chi connectivity index (χ3v) is 6.09. The Balaban J connectivity index is 1.36. The maximum atomic E-state index is 13.1. The van der Waals surface area contributed by atoms with Gasteiger partial charge in [0, 0.05) is 44.0 Å². The van der Waals surface area contributed by atoms with Gasteiger partial charge in [0.2, 0.25) is 0 Å². The predicted octanol–water partition coefficient (Wildman–Crippen LogP) is 3.68. The highest BCUT2D eigenvalue weighted by Gasteiger charge is 2.28. The van der Waals surface area contributed by atoms with E-state index in [9.17, 15) is 4.79 Å². The van der Waals surface area contributed by atoms with E-state index in [2.05, 4.69) is 39.6 Å². The summed E-state index contributed by atoms with van der Waals surface area (Å²) >= 11 is 0. The number of anilines is 1. The number of hydrogen-bond donors (Lipinski definition) is 1. The van der Waals surface area contributed by atoms with Gasteiger partial charge < -0.3 is 10.2 Å². The summed E-state index contributed by atoms with van der Waals surface area (Å²) in [7, 11) is 1.89. The van der Waals surface area contributed by atoms with E-state index in [0.29, 0.717) is 18.0 Å². The van der Waals surface area contributed by atoms with E-state index in [1.54, 1.807) is 4.68 Å². The van der Waals surface area contributed by atoms with Crippen LogP contribution in [0.4, 0.5) is 5.69 Å². The van der Waals surface area contributed by atoms with Crippen molar-refractivity contribution in [1.29, 1.82) is 0 Å². The van der Waals surface area contributed by atoms with Gasteiger partial charge in [-0.2, -0.15) is 5.10 Å². The Morgan fingerprint density at radius 1 is 1.17 bits per heavy atom. The van der Waals surface area contributed by atoms with Crippen LogP contribution >= 0.6 is 0 Å². The molecular formula is C23H27N5O. The number of hydrogen-bond acceptors (Lipinski definition) is 4. The second-order valence-electron chi connectivity index (χ2n) is 8.32. The summed E-state index contributed by atoms with van der Waals surface area (Å²) in [5.74, 6) is 0.429. The lowest BCUT2D eigenvalue weighted by atomic mass is 10.1. The standard InChI is InChI=1S/C23H27N5O/c1-15-21-19(13-20(17-7-8-17)25-22(21)27(2)26-15)23(29)24-14-16-5-9-18(10-6-16)28-11-3-4-12-28/h5-6,9-10,13,17H,3-4,7-8,11-12,14H2,1-2H3,(H,24,29). The first-order valence-electron chi connectivity index (χ1n) is 10.6. The third kappa shape index (κ3) is 3.48.